The van der Waals surface area contributed by atoms with Crippen molar-refractivity contribution >= 4 is 11.9 Å². The smallest absolute Gasteiger partial charge is 0.320 e. The Labute approximate surface area is 155 Å². The van der Waals surface area contributed by atoms with Crippen molar-refractivity contribution < 1.29 is 14.7 Å². The summed E-state index contributed by atoms with van der Waals surface area (Å²) in [5.41, 5.74) is 2.58. The highest BCUT2D eigenvalue weighted by molar-refractivity contribution is 5.80. The Balaban J connectivity index is 1.48. The Morgan fingerprint density at radius 3 is 2.58 bits per heavy atom. The van der Waals surface area contributed by atoms with Crippen LogP contribution in [0.3, 0.4) is 0 Å². The molecule has 1 aromatic rings. The van der Waals surface area contributed by atoms with Crippen molar-refractivity contribution in [2.24, 2.45) is 0 Å². The fourth-order valence-corrected chi connectivity index (χ4v) is 3.96. The average Bonchev–Trinajstić information content (AvgIpc) is 2.62. The summed E-state index contributed by atoms with van der Waals surface area (Å²) < 4.78 is 0. The first-order chi connectivity index (χ1) is 12.5. The quantitative estimate of drug-likeness (QED) is 0.865. The third-order valence-corrected chi connectivity index (χ3v) is 5.45. The zero-order valence-electron chi connectivity index (χ0n) is 15.6. The maximum Gasteiger partial charge on any atom is 0.320 e. The zero-order valence-corrected chi connectivity index (χ0v) is 15.6. The second kappa shape index (κ2) is 8.64. The zero-order chi connectivity index (χ0) is 18.5. The highest BCUT2D eigenvalue weighted by atomic mass is 16.4. The van der Waals surface area contributed by atoms with Crippen molar-refractivity contribution in [2.45, 2.75) is 38.8 Å². The Bertz CT molecular complexity index is 641. The van der Waals surface area contributed by atoms with Crippen LogP contribution >= 0.6 is 0 Å². The number of rotatable bonds is 5. The number of nitrogens with zero attached hydrogens (tertiary/aromatic N) is 3. The largest absolute Gasteiger partial charge is 0.480 e. The molecule has 0 bridgehead atoms. The van der Waals surface area contributed by atoms with Crippen molar-refractivity contribution in [3.8, 4) is 0 Å². The summed E-state index contributed by atoms with van der Waals surface area (Å²) in [6.45, 7) is 7.11. The fourth-order valence-electron chi connectivity index (χ4n) is 3.96. The topological polar surface area (TPSA) is 64.1 Å². The van der Waals surface area contributed by atoms with E-state index in [0.717, 1.165) is 45.6 Å². The van der Waals surface area contributed by atoms with Gasteiger partial charge in [-0.05, 0) is 31.9 Å². The molecule has 1 unspecified atom stereocenters. The van der Waals surface area contributed by atoms with E-state index in [2.05, 4.69) is 36.1 Å². The van der Waals surface area contributed by atoms with Crippen LogP contribution < -0.4 is 0 Å². The van der Waals surface area contributed by atoms with Crippen LogP contribution in [0.1, 0.15) is 30.4 Å². The average molecular weight is 359 g/mol. The van der Waals surface area contributed by atoms with E-state index < -0.39 is 12.0 Å². The highest BCUT2D eigenvalue weighted by Gasteiger charge is 2.31. The van der Waals surface area contributed by atoms with Gasteiger partial charge in [-0.1, -0.05) is 36.2 Å². The summed E-state index contributed by atoms with van der Waals surface area (Å²) in [6, 6.07) is 8.04. The molecule has 0 saturated carbocycles. The van der Waals surface area contributed by atoms with E-state index in [1.165, 1.54) is 11.1 Å². The minimum absolute atomic E-state index is 0.0633. The van der Waals surface area contributed by atoms with Crippen LogP contribution in [0.2, 0.25) is 0 Å². The Hall–Kier alpha value is -1.92. The van der Waals surface area contributed by atoms with Crippen molar-refractivity contribution in [1.82, 2.24) is 14.7 Å². The van der Waals surface area contributed by atoms with Gasteiger partial charge in [0.25, 0.3) is 0 Å². The molecule has 2 aliphatic rings. The molecule has 0 aliphatic carbocycles. The predicted octanol–water partition coefficient (Wildman–Crippen LogP) is 1.58. The van der Waals surface area contributed by atoms with Crippen LogP contribution in [0.5, 0.6) is 0 Å². The number of carbonyl (C=O) groups is 2. The van der Waals surface area contributed by atoms with Gasteiger partial charge in [-0.25, -0.2) is 0 Å². The summed E-state index contributed by atoms with van der Waals surface area (Å²) in [5, 5.41) is 9.35. The van der Waals surface area contributed by atoms with Crippen LogP contribution in [0.15, 0.2) is 24.3 Å². The summed E-state index contributed by atoms with van der Waals surface area (Å²) in [4.78, 5) is 30.1. The first kappa shape index (κ1) is 18.9. The number of aliphatic carboxylic acids is 1. The van der Waals surface area contributed by atoms with Gasteiger partial charge in [0.1, 0.15) is 6.04 Å². The summed E-state index contributed by atoms with van der Waals surface area (Å²) >= 11 is 0. The van der Waals surface area contributed by atoms with Gasteiger partial charge >= 0.3 is 5.97 Å². The third kappa shape index (κ3) is 4.83. The van der Waals surface area contributed by atoms with E-state index >= 15 is 0 Å². The Kier molecular flexibility index (Phi) is 6.27. The summed E-state index contributed by atoms with van der Waals surface area (Å²) in [7, 11) is 0. The number of benzene rings is 1. The van der Waals surface area contributed by atoms with E-state index in [4.69, 9.17) is 0 Å². The lowest BCUT2D eigenvalue weighted by Gasteiger charge is -2.37. The molecule has 26 heavy (non-hydrogen) atoms. The maximum atomic E-state index is 12.6. The van der Waals surface area contributed by atoms with Crippen molar-refractivity contribution in [3.05, 3.63) is 35.4 Å². The number of hydrogen-bond acceptors (Lipinski definition) is 4. The van der Waals surface area contributed by atoms with E-state index in [9.17, 15) is 14.7 Å². The van der Waals surface area contributed by atoms with E-state index in [1.54, 1.807) is 0 Å². The minimum atomic E-state index is -0.805. The summed E-state index contributed by atoms with van der Waals surface area (Å²) in [6.07, 6.45) is 2.55. The standard InChI is InChI=1S/C20H29N3O3/c1-16-5-4-6-17(13-16)14-21-9-11-22(12-10-21)19(24)15-23-8-3-2-7-18(23)20(25)26/h4-6,13,18H,2-3,7-12,14-15H2,1H3,(H,25,26). The number of amides is 1. The Morgan fingerprint density at radius 1 is 1.12 bits per heavy atom. The molecule has 1 aromatic carbocycles. The number of likely N-dealkylation sites (tertiary alicyclic amines) is 1. The van der Waals surface area contributed by atoms with Crippen LogP contribution in [-0.2, 0) is 16.1 Å². The van der Waals surface area contributed by atoms with Gasteiger partial charge in [-0.2, -0.15) is 0 Å². The lowest BCUT2D eigenvalue weighted by atomic mass is 10.0. The molecular weight excluding hydrogens is 330 g/mol. The molecule has 2 fully saturated rings. The van der Waals surface area contributed by atoms with E-state index in [0.29, 0.717) is 13.0 Å². The Morgan fingerprint density at radius 2 is 1.88 bits per heavy atom. The molecule has 1 amide bonds. The lowest BCUT2D eigenvalue weighted by Crippen LogP contribution is -2.53. The van der Waals surface area contributed by atoms with Crippen LogP contribution in [0.4, 0.5) is 0 Å². The van der Waals surface area contributed by atoms with Gasteiger partial charge in [0.15, 0.2) is 0 Å². The van der Waals surface area contributed by atoms with Gasteiger partial charge in [0.2, 0.25) is 5.91 Å². The highest BCUT2D eigenvalue weighted by Crippen LogP contribution is 2.18. The fraction of sp³-hybridized carbons (Fsp3) is 0.600. The first-order valence-corrected chi connectivity index (χ1v) is 9.55. The predicted molar refractivity (Wildman–Crippen MR) is 99.9 cm³/mol. The van der Waals surface area contributed by atoms with Gasteiger partial charge < -0.3 is 10.0 Å². The number of carboxylic acids is 1. The number of carboxylic acid groups (broad SMARTS) is 1. The monoisotopic (exact) mass is 359 g/mol. The maximum absolute atomic E-state index is 12.6. The molecule has 1 N–H and O–H groups in total. The van der Waals surface area contributed by atoms with Crippen LogP contribution in [0.25, 0.3) is 0 Å². The van der Waals surface area contributed by atoms with Crippen molar-refractivity contribution in [3.63, 3.8) is 0 Å². The lowest BCUT2D eigenvalue weighted by molar-refractivity contribution is -0.146. The molecule has 142 valence electrons. The van der Waals surface area contributed by atoms with Gasteiger partial charge in [0.05, 0.1) is 6.54 Å². The van der Waals surface area contributed by atoms with E-state index in [-0.39, 0.29) is 12.5 Å². The molecule has 0 radical (unpaired) electrons. The minimum Gasteiger partial charge on any atom is -0.480 e. The summed E-state index contributed by atoms with van der Waals surface area (Å²) in [5.74, 6) is -0.742. The molecule has 2 heterocycles. The SMILES string of the molecule is Cc1cccc(CN2CCN(C(=O)CN3CCCCC3C(=O)O)CC2)c1. The molecule has 1 atom stereocenters. The first-order valence-electron chi connectivity index (χ1n) is 9.55. The molecule has 0 spiro atoms. The molecule has 2 aliphatic heterocycles. The number of hydrogen-bond donors (Lipinski definition) is 1. The van der Waals surface area contributed by atoms with Gasteiger partial charge in [0, 0.05) is 32.7 Å². The number of piperidine rings is 1. The van der Waals surface area contributed by atoms with Gasteiger partial charge in [-0.15, -0.1) is 0 Å². The normalized spacial score (nSPS) is 22.3. The number of carbonyl (C=O) groups excluding carboxylic acids is 1. The number of aryl methyl sites for hydroxylation is 1. The van der Waals surface area contributed by atoms with Gasteiger partial charge in [-0.3, -0.25) is 19.4 Å². The molecule has 0 aromatic heterocycles. The van der Waals surface area contributed by atoms with Crippen molar-refractivity contribution in [1.29, 1.82) is 0 Å². The molecule has 3 rings (SSSR count). The molecule has 2 saturated heterocycles. The number of piperazine rings is 1. The molecule has 6 heteroatoms. The second-order valence-corrected chi connectivity index (χ2v) is 7.47. The van der Waals surface area contributed by atoms with Crippen LogP contribution in [-0.4, -0.2) is 77.0 Å². The molecular formula is C20H29N3O3. The second-order valence-electron chi connectivity index (χ2n) is 7.47. The van der Waals surface area contributed by atoms with E-state index in [1.807, 2.05) is 9.80 Å². The van der Waals surface area contributed by atoms with Crippen LogP contribution in [0, 0.1) is 6.92 Å². The third-order valence-electron chi connectivity index (χ3n) is 5.45. The molecule has 6 nitrogen and oxygen atoms in total. The van der Waals surface area contributed by atoms with Crippen molar-refractivity contribution in [2.75, 3.05) is 39.3 Å².